The van der Waals surface area contributed by atoms with E-state index in [0.717, 1.165) is 12.8 Å². The van der Waals surface area contributed by atoms with Crippen LogP contribution in [-0.4, -0.2) is 10.6 Å². The number of fused-ring (bicyclic) bond motifs is 6. The van der Waals surface area contributed by atoms with Crippen molar-refractivity contribution in [2.24, 2.45) is 0 Å². The van der Waals surface area contributed by atoms with Gasteiger partial charge in [-0.25, -0.2) is 0 Å². The second kappa shape index (κ2) is 13.4. The Hall–Kier alpha value is -6.12. The number of hydrogen-bond acceptors (Lipinski definition) is 1. The molecule has 3 aliphatic rings. The van der Waals surface area contributed by atoms with E-state index < -0.39 is 0 Å². The highest BCUT2D eigenvalue weighted by molar-refractivity contribution is 6.09. The average Bonchev–Trinajstić information content (AvgIpc) is 3.58. The zero-order chi connectivity index (χ0) is 36.2. The van der Waals surface area contributed by atoms with Gasteiger partial charge in [0.2, 0.25) is 0 Å². The van der Waals surface area contributed by atoms with E-state index in [1.54, 1.807) is 0 Å². The van der Waals surface area contributed by atoms with Crippen LogP contribution in [-0.2, 0) is 0 Å². The van der Waals surface area contributed by atoms with E-state index in [-0.39, 0.29) is 6.04 Å². The largest absolute Gasteiger partial charge is 0.334 e. The lowest BCUT2D eigenvalue weighted by Crippen LogP contribution is -2.30. The molecule has 0 fully saturated rings. The molecule has 0 amide bonds. The summed E-state index contributed by atoms with van der Waals surface area (Å²) in [7, 11) is 0. The highest BCUT2D eigenvalue weighted by atomic mass is 15.2. The molecule has 3 aliphatic carbocycles. The SMILES string of the molecule is CC1c2ccccc2-c2ccc(N(c3ccc(-c4ccccc4)cc3)C3C=CC(c4ccc5c(c4)c4ccccc4n5C4C=CC=CC4)=CC3)cc2C1C. The first-order valence-corrected chi connectivity index (χ1v) is 19.5. The van der Waals surface area contributed by atoms with E-state index in [1.807, 2.05) is 0 Å². The molecule has 2 heteroatoms. The smallest absolute Gasteiger partial charge is 0.0560 e. The van der Waals surface area contributed by atoms with Crippen LogP contribution in [0.25, 0.3) is 49.6 Å². The molecule has 0 N–H and O–H groups in total. The number of anilines is 2. The van der Waals surface area contributed by atoms with Crippen LogP contribution in [0.1, 0.15) is 61.3 Å². The Balaban J connectivity index is 1.02. The topological polar surface area (TPSA) is 8.17 Å². The van der Waals surface area contributed by atoms with Crippen molar-refractivity contribution in [2.75, 3.05) is 4.90 Å². The predicted molar refractivity (Wildman–Crippen MR) is 230 cm³/mol. The summed E-state index contributed by atoms with van der Waals surface area (Å²) in [5, 5.41) is 2.64. The Morgan fingerprint density at radius 3 is 2.06 bits per heavy atom. The first kappa shape index (κ1) is 32.5. The van der Waals surface area contributed by atoms with Gasteiger partial charge in [-0.15, -0.1) is 0 Å². The van der Waals surface area contributed by atoms with Gasteiger partial charge >= 0.3 is 0 Å². The molecule has 0 saturated carbocycles. The molecule has 0 bridgehead atoms. The minimum atomic E-state index is 0.176. The maximum absolute atomic E-state index is 2.56. The first-order chi connectivity index (χ1) is 26.6. The van der Waals surface area contributed by atoms with E-state index in [0.29, 0.717) is 17.9 Å². The third kappa shape index (κ3) is 5.48. The van der Waals surface area contributed by atoms with E-state index >= 15 is 0 Å². The Bertz CT molecular complexity index is 2650. The number of allylic oxidation sites excluding steroid dienone is 6. The maximum atomic E-state index is 2.56. The molecule has 2 nitrogen and oxygen atoms in total. The highest BCUT2D eigenvalue weighted by Gasteiger charge is 2.30. The van der Waals surface area contributed by atoms with Crippen molar-refractivity contribution in [1.82, 2.24) is 4.57 Å². The van der Waals surface area contributed by atoms with Crippen LogP contribution in [0.15, 0.2) is 182 Å². The molecule has 54 heavy (non-hydrogen) atoms. The van der Waals surface area contributed by atoms with Crippen LogP contribution in [0.2, 0.25) is 0 Å². The fourth-order valence-corrected chi connectivity index (χ4v) is 9.29. The molecule has 6 aromatic carbocycles. The summed E-state index contributed by atoms with van der Waals surface area (Å²) in [5.41, 5.74) is 15.7. The monoisotopic (exact) mass is 696 g/mol. The first-order valence-electron chi connectivity index (χ1n) is 19.5. The van der Waals surface area contributed by atoms with Crippen LogP contribution in [0.4, 0.5) is 11.4 Å². The van der Waals surface area contributed by atoms with Gasteiger partial charge in [-0.1, -0.05) is 153 Å². The molecule has 0 aliphatic heterocycles. The normalized spacial score (nSPS) is 20.1. The Labute approximate surface area is 318 Å². The number of rotatable bonds is 6. The molecule has 1 heterocycles. The number of para-hydroxylation sites is 1. The maximum Gasteiger partial charge on any atom is 0.0560 e. The molecule has 262 valence electrons. The highest BCUT2D eigenvalue weighted by Crippen LogP contribution is 2.48. The zero-order valence-electron chi connectivity index (χ0n) is 30.9. The molecule has 0 spiro atoms. The Morgan fingerprint density at radius 2 is 1.24 bits per heavy atom. The molecule has 4 atom stereocenters. The van der Waals surface area contributed by atoms with Crippen LogP contribution < -0.4 is 4.90 Å². The fraction of sp³-hybridized carbons (Fsp3) is 0.154. The summed E-state index contributed by atoms with van der Waals surface area (Å²) in [6.45, 7) is 4.78. The lowest BCUT2D eigenvalue weighted by molar-refractivity contribution is 0.616. The molecular formula is C52H44N2. The fourth-order valence-electron chi connectivity index (χ4n) is 9.29. The van der Waals surface area contributed by atoms with Crippen molar-refractivity contribution in [2.45, 2.75) is 50.6 Å². The summed E-state index contributed by atoms with van der Waals surface area (Å²) in [5.74, 6) is 0.891. The second-order valence-electron chi connectivity index (χ2n) is 15.3. The molecule has 0 saturated heterocycles. The van der Waals surface area contributed by atoms with Crippen molar-refractivity contribution < 1.29 is 0 Å². The van der Waals surface area contributed by atoms with Crippen LogP contribution in [0.3, 0.4) is 0 Å². The Kier molecular flexibility index (Phi) is 8.06. The second-order valence-corrected chi connectivity index (χ2v) is 15.3. The van der Waals surface area contributed by atoms with Crippen molar-refractivity contribution in [3.05, 3.63) is 199 Å². The number of nitrogens with zero attached hydrogens (tertiary/aromatic N) is 2. The van der Waals surface area contributed by atoms with Gasteiger partial charge in [0.15, 0.2) is 0 Å². The standard InChI is InChI=1S/C52H44N2/c1-35-36(2)49-34-44(30-31-47(49)46-18-10-9-17-45(35)46)53(42-26-21-38(22-27-42)37-13-5-3-6-14-37)43-28-23-39(24-29-43)40-25-32-52-50(33-40)48-19-11-12-20-51(48)54(52)41-15-7-4-8-16-41/h3-15,17-28,30-36,41,43H,16,29H2,1-2H3. The quantitative estimate of drug-likeness (QED) is 0.168. The minimum Gasteiger partial charge on any atom is -0.334 e. The number of benzene rings is 6. The summed E-state index contributed by atoms with van der Waals surface area (Å²) in [6.07, 6.45) is 18.1. The molecule has 7 aromatic rings. The molecule has 10 rings (SSSR count). The van der Waals surface area contributed by atoms with E-state index in [1.165, 1.54) is 77.7 Å². The third-order valence-corrected chi connectivity index (χ3v) is 12.3. The predicted octanol–water partition coefficient (Wildman–Crippen LogP) is 14.0. The van der Waals surface area contributed by atoms with E-state index in [4.69, 9.17) is 0 Å². The Morgan fingerprint density at radius 1 is 0.537 bits per heavy atom. The van der Waals surface area contributed by atoms with Gasteiger partial charge in [0.1, 0.15) is 0 Å². The molecule has 0 radical (unpaired) electrons. The summed E-state index contributed by atoms with van der Waals surface area (Å²) < 4.78 is 2.52. The van der Waals surface area contributed by atoms with E-state index in [2.05, 4.69) is 205 Å². The van der Waals surface area contributed by atoms with E-state index in [9.17, 15) is 0 Å². The van der Waals surface area contributed by atoms with Crippen LogP contribution in [0, 0.1) is 0 Å². The van der Waals surface area contributed by atoms with Gasteiger partial charge in [-0.2, -0.15) is 0 Å². The van der Waals surface area contributed by atoms with Gasteiger partial charge < -0.3 is 9.47 Å². The van der Waals surface area contributed by atoms with Gasteiger partial charge in [0.05, 0.1) is 12.1 Å². The summed E-state index contributed by atoms with van der Waals surface area (Å²) >= 11 is 0. The van der Waals surface area contributed by atoms with Gasteiger partial charge in [0.25, 0.3) is 0 Å². The zero-order valence-corrected chi connectivity index (χ0v) is 30.9. The van der Waals surface area contributed by atoms with Gasteiger partial charge in [-0.05, 0) is 112 Å². The van der Waals surface area contributed by atoms with Crippen molar-refractivity contribution in [1.29, 1.82) is 0 Å². The number of hydrogen-bond donors (Lipinski definition) is 0. The lowest BCUT2D eigenvalue weighted by atomic mass is 9.73. The van der Waals surface area contributed by atoms with Crippen LogP contribution in [0.5, 0.6) is 0 Å². The molecular weight excluding hydrogens is 653 g/mol. The van der Waals surface area contributed by atoms with Crippen LogP contribution >= 0.6 is 0 Å². The summed E-state index contributed by atoms with van der Waals surface area (Å²) in [6, 6.07) is 52.5. The third-order valence-electron chi connectivity index (χ3n) is 12.3. The van der Waals surface area contributed by atoms with Crippen molar-refractivity contribution in [3.63, 3.8) is 0 Å². The number of aromatic nitrogens is 1. The van der Waals surface area contributed by atoms with Gasteiger partial charge in [0, 0.05) is 33.2 Å². The molecule has 4 unspecified atom stereocenters. The molecule has 1 aromatic heterocycles. The van der Waals surface area contributed by atoms with Crippen molar-refractivity contribution in [3.8, 4) is 22.3 Å². The average molecular weight is 697 g/mol. The van der Waals surface area contributed by atoms with Gasteiger partial charge in [-0.3, -0.25) is 0 Å². The summed E-state index contributed by atoms with van der Waals surface area (Å²) in [4.78, 5) is 2.56. The van der Waals surface area contributed by atoms with Crippen molar-refractivity contribution >= 4 is 38.8 Å². The minimum absolute atomic E-state index is 0.176. The lowest BCUT2D eigenvalue weighted by Gasteiger charge is -2.36.